The number of carbonyl (C=O) groups is 1. The normalized spacial score (nSPS) is 14.1. The van der Waals surface area contributed by atoms with E-state index in [4.69, 9.17) is 9.72 Å². The Morgan fingerprint density at radius 2 is 1.93 bits per heavy atom. The number of carbonyl (C=O) groups excluding carboxylic acids is 1. The van der Waals surface area contributed by atoms with E-state index in [2.05, 4.69) is 39.5 Å². The average Bonchev–Trinajstić information content (AvgIpc) is 3.35. The molecule has 0 unspecified atom stereocenters. The maximum atomic E-state index is 12.5. The smallest absolute Gasteiger partial charge is 0.275 e. The zero-order chi connectivity index (χ0) is 20.3. The third-order valence-corrected chi connectivity index (χ3v) is 5.74. The van der Waals surface area contributed by atoms with E-state index in [1.165, 1.54) is 17.0 Å². The van der Waals surface area contributed by atoms with Crippen molar-refractivity contribution in [2.45, 2.75) is 0 Å². The first kappa shape index (κ1) is 18.7. The Hall–Kier alpha value is -3.29. The Bertz CT molecular complexity index is 1190. The van der Waals surface area contributed by atoms with Gasteiger partial charge < -0.3 is 15.0 Å². The molecule has 0 atom stereocenters. The number of pyridine rings is 1. The van der Waals surface area contributed by atoms with Crippen molar-refractivity contribution in [1.82, 2.24) is 9.97 Å². The number of thiazole rings is 1. The number of nitrogens with one attached hydrogen (secondary N) is 1. The molecule has 1 saturated heterocycles. The van der Waals surface area contributed by atoms with Gasteiger partial charge in [-0.2, -0.15) is 0 Å². The zero-order valence-electron chi connectivity index (χ0n) is 16.2. The molecule has 3 heterocycles. The van der Waals surface area contributed by atoms with Crippen LogP contribution >= 0.6 is 11.3 Å². The molecule has 2 aromatic carbocycles. The summed E-state index contributed by atoms with van der Waals surface area (Å²) >= 11 is 1.40. The van der Waals surface area contributed by atoms with Crippen LogP contribution in [0.25, 0.3) is 22.2 Å². The van der Waals surface area contributed by atoms with Crippen molar-refractivity contribution < 1.29 is 9.53 Å². The molecule has 4 aromatic rings. The number of benzene rings is 2. The molecule has 1 aliphatic heterocycles. The van der Waals surface area contributed by atoms with Gasteiger partial charge >= 0.3 is 0 Å². The number of anilines is 2. The van der Waals surface area contributed by atoms with Gasteiger partial charge in [-0.05, 0) is 24.3 Å². The molecule has 5 rings (SSSR count). The summed E-state index contributed by atoms with van der Waals surface area (Å²) in [4.78, 5) is 23.8. The van der Waals surface area contributed by atoms with Crippen molar-refractivity contribution in [3.8, 4) is 11.3 Å². The summed E-state index contributed by atoms with van der Waals surface area (Å²) in [7, 11) is 0. The average molecular weight is 417 g/mol. The van der Waals surface area contributed by atoms with Gasteiger partial charge in [-0.15, -0.1) is 11.3 Å². The molecule has 1 N–H and O–H groups in total. The van der Waals surface area contributed by atoms with E-state index in [1.54, 1.807) is 10.9 Å². The van der Waals surface area contributed by atoms with Gasteiger partial charge in [0.15, 0.2) is 0 Å². The first-order chi connectivity index (χ1) is 14.8. The number of hydrogen-bond acceptors (Lipinski definition) is 6. The highest BCUT2D eigenvalue weighted by molar-refractivity contribution is 7.07. The van der Waals surface area contributed by atoms with Gasteiger partial charge in [-0.25, -0.2) is 9.97 Å². The number of fused-ring (bicyclic) bond motifs is 1. The second-order valence-electron chi connectivity index (χ2n) is 7.05. The number of amides is 1. The van der Waals surface area contributed by atoms with E-state index in [-0.39, 0.29) is 5.91 Å². The highest BCUT2D eigenvalue weighted by Gasteiger charge is 2.14. The predicted molar refractivity (Wildman–Crippen MR) is 120 cm³/mol. The van der Waals surface area contributed by atoms with Crippen molar-refractivity contribution in [3.63, 3.8) is 0 Å². The fourth-order valence-electron chi connectivity index (χ4n) is 3.60. The standard InChI is InChI=1S/C23H20N4O2S/c28-23(21-14-30-15-24-21)26-20-6-2-3-16-7-8-19(25-22(16)20)17-4-1-5-18(13-17)27-9-11-29-12-10-27/h1-8,13-15H,9-12H2,(H,26,28). The third-order valence-electron chi connectivity index (χ3n) is 5.15. The fourth-order valence-corrected chi connectivity index (χ4v) is 4.14. The van der Waals surface area contributed by atoms with Gasteiger partial charge in [-0.3, -0.25) is 4.79 Å². The number of aromatic nitrogens is 2. The van der Waals surface area contributed by atoms with Gasteiger partial charge in [0.2, 0.25) is 0 Å². The quantitative estimate of drug-likeness (QED) is 0.532. The number of para-hydroxylation sites is 1. The monoisotopic (exact) mass is 416 g/mol. The van der Waals surface area contributed by atoms with Gasteiger partial charge in [-0.1, -0.05) is 30.3 Å². The Labute approximate surface area is 178 Å². The number of ether oxygens (including phenoxy) is 1. The lowest BCUT2D eigenvalue weighted by atomic mass is 10.1. The number of morpholine rings is 1. The summed E-state index contributed by atoms with van der Waals surface area (Å²) in [6.45, 7) is 3.28. The summed E-state index contributed by atoms with van der Waals surface area (Å²) in [6.07, 6.45) is 0. The molecular weight excluding hydrogens is 396 g/mol. The van der Waals surface area contributed by atoms with Crippen molar-refractivity contribution in [2.75, 3.05) is 36.5 Å². The van der Waals surface area contributed by atoms with Crippen LogP contribution in [-0.4, -0.2) is 42.2 Å². The van der Waals surface area contributed by atoms with Crippen LogP contribution in [0.1, 0.15) is 10.5 Å². The van der Waals surface area contributed by atoms with E-state index in [0.717, 1.165) is 48.5 Å². The lowest BCUT2D eigenvalue weighted by Gasteiger charge is -2.29. The van der Waals surface area contributed by atoms with E-state index in [9.17, 15) is 4.79 Å². The van der Waals surface area contributed by atoms with Crippen LogP contribution in [0.4, 0.5) is 11.4 Å². The van der Waals surface area contributed by atoms with Crippen LogP contribution in [0, 0.1) is 0 Å². The minimum Gasteiger partial charge on any atom is -0.378 e. The molecule has 0 aliphatic carbocycles. The minimum absolute atomic E-state index is 0.231. The topological polar surface area (TPSA) is 67.4 Å². The van der Waals surface area contributed by atoms with Crippen LogP contribution in [0.2, 0.25) is 0 Å². The van der Waals surface area contributed by atoms with Crippen molar-refractivity contribution in [1.29, 1.82) is 0 Å². The Morgan fingerprint density at radius 1 is 1.07 bits per heavy atom. The van der Waals surface area contributed by atoms with Gasteiger partial charge in [0.25, 0.3) is 5.91 Å². The molecule has 7 heteroatoms. The highest BCUT2D eigenvalue weighted by Crippen LogP contribution is 2.28. The number of rotatable bonds is 4. The molecule has 150 valence electrons. The predicted octanol–water partition coefficient (Wildman–Crippen LogP) is 4.45. The Morgan fingerprint density at radius 3 is 2.77 bits per heavy atom. The van der Waals surface area contributed by atoms with Crippen LogP contribution < -0.4 is 10.2 Å². The zero-order valence-corrected chi connectivity index (χ0v) is 17.1. The van der Waals surface area contributed by atoms with Gasteiger partial charge in [0.05, 0.1) is 35.6 Å². The molecule has 0 bridgehead atoms. The van der Waals surface area contributed by atoms with Gasteiger partial charge in [0, 0.05) is 35.1 Å². The van der Waals surface area contributed by atoms with E-state index in [1.807, 2.05) is 30.3 Å². The number of nitrogens with zero attached hydrogens (tertiary/aromatic N) is 3. The molecule has 0 saturated carbocycles. The highest BCUT2D eigenvalue weighted by atomic mass is 32.1. The van der Waals surface area contributed by atoms with Gasteiger partial charge in [0.1, 0.15) is 5.69 Å². The first-order valence-corrected chi connectivity index (χ1v) is 10.7. The van der Waals surface area contributed by atoms with Crippen molar-refractivity contribution in [3.05, 3.63) is 71.2 Å². The third kappa shape index (κ3) is 3.77. The summed E-state index contributed by atoms with van der Waals surface area (Å²) in [5.41, 5.74) is 6.58. The summed E-state index contributed by atoms with van der Waals surface area (Å²) in [6, 6.07) is 18.2. The molecular formula is C23H20N4O2S. The first-order valence-electron chi connectivity index (χ1n) is 9.80. The molecule has 2 aromatic heterocycles. The molecule has 30 heavy (non-hydrogen) atoms. The van der Waals surface area contributed by atoms with E-state index < -0.39 is 0 Å². The minimum atomic E-state index is -0.231. The summed E-state index contributed by atoms with van der Waals surface area (Å²) < 4.78 is 5.46. The molecule has 1 amide bonds. The number of hydrogen-bond donors (Lipinski definition) is 1. The lowest BCUT2D eigenvalue weighted by Crippen LogP contribution is -2.36. The van der Waals surface area contributed by atoms with E-state index in [0.29, 0.717) is 11.4 Å². The molecule has 0 spiro atoms. The van der Waals surface area contributed by atoms with Crippen molar-refractivity contribution >= 4 is 39.5 Å². The molecule has 0 radical (unpaired) electrons. The summed E-state index contributed by atoms with van der Waals surface area (Å²) in [5, 5.41) is 5.65. The van der Waals surface area contributed by atoms with Crippen LogP contribution in [0.5, 0.6) is 0 Å². The largest absolute Gasteiger partial charge is 0.378 e. The van der Waals surface area contributed by atoms with Crippen molar-refractivity contribution in [2.24, 2.45) is 0 Å². The maximum Gasteiger partial charge on any atom is 0.275 e. The summed E-state index contributed by atoms with van der Waals surface area (Å²) in [5.74, 6) is -0.231. The molecule has 1 fully saturated rings. The Kier molecular flexibility index (Phi) is 5.13. The van der Waals surface area contributed by atoms with E-state index >= 15 is 0 Å². The van der Waals surface area contributed by atoms with Crippen LogP contribution in [-0.2, 0) is 4.74 Å². The SMILES string of the molecule is O=C(Nc1cccc2ccc(-c3cccc(N4CCOCC4)c3)nc12)c1cscn1. The molecule has 6 nitrogen and oxygen atoms in total. The fraction of sp³-hybridized carbons (Fsp3) is 0.174. The van der Waals surface area contributed by atoms with Crippen LogP contribution in [0.15, 0.2) is 65.5 Å². The van der Waals surface area contributed by atoms with Crippen LogP contribution in [0.3, 0.4) is 0 Å². The second-order valence-corrected chi connectivity index (χ2v) is 7.77. The Balaban J connectivity index is 1.49. The maximum absolute atomic E-state index is 12.5. The molecule has 1 aliphatic rings. The lowest BCUT2D eigenvalue weighted by molar-refractivity contribution is 0.102. The second kappa shape index (κ2) is 8.22.